The lowest BCUT2D eigenvalue weighted by molar-refractivity contribution is -0.384. The van der Waals surface area contributed by atoms with E-state index < -0.39 is 22.9 Å². The van der Waals surface area contributed by atoms with E-state index >= 15 is 0 Å². The number of benzene rings is 2. The molecule has 0 saturated heterocycles. The molecule has 0 aliphatic rings. The smallest absolute Gasteiger partial charge is 0.338 e. The number of esters is 1. The van der Waals surface area contributed by atoms with Crippen molar-refractivity contribution in [3.63, 3.8) is 0 Å². The van der Waals surface area contributed by atoms with Gasteiger partial charge in [-0.15, -0.1) is 0 Å². The maximum Gasteiger partial charge on any atom is 0.338 e. The Bertz CT molecular complexity index is 903. The number of nitro benzene ring substituents is 1. The highest BCUT2D eigenvalue weighted by atomic mass is 35.5. The molecule has 0 aliphatic heterocycles. The fraction of sp³-hybridized carbons (Fsp3) is 0.176. The average molecular weight is 413 g/mol. The maximum atomic E-state index is 12.3. The largest absolute Gasteiger partial charge is 0.494 e. The van der Waals surface area contributed by atoms with Crippen molar-refractivity contribution in [2.45, 2.75) is 13.0 Å². The summed E-state index contributed by atoms with van der Waals surface area (Å²) in [7, 11) is 1.31. The molecule has 0 aromatic heterocycles. The fourth-order valence-electron chi connectivity index (χ4n) is 2.04. The molecule has 10 heteroatoms. The van der Waals surface area contributed by atoms with Crippen LogP contribution in [-0.4, -0.2) is 30.0 Å². The zero-order chi connectivity index (χ0) is 20.1. The van der Waals surface area contributed by atoms with Gasteiger partial charge in [-0.1, -0.05) is 23.2 Å². The minimum atomic E-state index is -1.15. The van der Waals surface area contributed by atoms with Crippen LogP contribution in [0, 0.1) is 10.1 Å². The normalized spacial score (nSPS) is 11.4. The molecule has 0 heterocycles. The Labute approximate surface area is 164 Å². The SMILES string of the molecule is COc1cc([N+](=O)[O-])ccc1NC(=O)[C@H](C)OC(=O)c1ccc(Cl)c(Cl)c1. The molecule has 2 aromatic rings. The number of hydrogen-bond donors (Lipinski definition) is 1. The number of nitro groups is 1. The molecule has 27 heavy (non-hydrogen) atoms. The molecule has 8 nitrogen and oxygen atoms in total. The number of ether oxygens (including phenoxy) is 2. The number of methoxy groups -OCH3 is 1. The van der Waals surface area contributed by atoms with Crippen molar-refractivity contribution in [1.82, 2.24) is 0 Å². The molecule has 0 saturated carbocycles. The molecule has 1 N–H and O–H groups in total. The average Bonchev–Trinajstić information content (AvgIpc) is 2.63. The minimum absolute atomic E-state index is 0.0977. The van der Waals surface area contributed by atoms with Gasteiger partial charge in [-0.25, -0.2) is 4.79 Å². The van der Waals surface area contributed by atoms with Crippen LogP contribution in [0.3, 0.4) is 0 Å². The van der Waals surface area contributed by atoms with Gasteiger partial charge in [0.05, 0.1) is 39.4 Å². The van der Waals surface area contributed by atoms with E-state index in [1.54, 1.807) is 0 Å². The van der Waals surface area contributed by atoms with Crippen LogP contribution in [0.4, 0.5) is 11.4 Å². The van der Waals surface area contributed by atoms with Crippen molar-refractivity contribution < 1.29 is 24.0 Å². The van der Waals surface area contributed by atoms with Gasteiger partial charge < -0.3 is 14.8 Å². The van der Waals surface area contributed by atoms with Gasteiger partial charge >= 0.3 is 5.97 Å². The van der Waals surface area contributed by atoms with Gasteiger partial charge in [0, 0.05) is 6.07 Å². The second-order valence-electron chi connectivity index (χ2n) is 5.31. The fourth-order valence-corrected chi connectivity index (χ4v) is 2.33. The van der Waals surface area contributed by atoms with Crippen molar-refractivity contribution in [2.24, 2.45) is 0 Å². The van der Waals surface area contributed by atoms with E-state index in [1.165, 1.54) is 50.4 Å². The molecule has 142 valence electrons. The Morgan fingerprint density at radius 2 is 1.85 bits per heavy atom. The molecule has 2 aromatic carbocycles. The van der Waals surface area contributed by atoms with Crippen LogP contribution in [0.15, 0.2) is 36.4 Å². The Balaban J connectivity index is 2.08. The molecule has 1 amide bonds. The van der Waals surface area contributed by atoms with Crippen LogP contribution in [0.5, 0.6) is 5.75 Å². The monoisotopic (exact) mass is 412 g/mol. The molecular weight excluding hydrogens is 399 g/mol. The third kappa shape index (κ3) is 5.08. The molecule has 1 atom stereocenters. The molecule has 2 rings (SSSR count). The lowest BCUT2D eigenvalue weighted by atomic mass is 10.2. The van der Waals surface area contributed by atoms with Gasteiger partial charge in [0.1, 0.15) is 5.75 Å². The van der Waals surface area contributed by atoms with Gasteiger partial charge in [-0.2, -0.15) is 0 Å². The summed E-state index contributed by atoms with van der Waals surface area (Å²) in [5, 5.41) is 13.8. The first kappa shape index (κ1) is 20.5. The first-order valence-electron chi connectivity index (χ1n) is 7.52. The van der Waals surface area contributed by atoms with E-state index in [0.29, 0.717) is 0 Å². The number of anilines is 1. The number of nitrogens with one attached hydrogen (secondary N) is 1. The summed E-state index contributed by atoms with van der Waals surface area (Å²) in [6.45, 7) is 1.38. The summed E-state index contributed by atoms with van der Waals surface area (Å²) < 4.78 is 10.1. The highest BCUT2D eigenvalue weighted by Gasteiger charge is 2.21. The van der Waals surface area contributed by atoms with Crippen molar-refractivity contribution in [3.8, 4) is 5.75 Å². The number of carbonyl (C=O) groups excluding carboxylic acids is 2. The van der Waals surface area contributed by atoms with Gasteiger partial charge in [0.2, 0.25) is 0 Å². The predicted molar refractivity (Wildman–Crippen MR) is 99.6 cm³/mol. The number of hydrogen-bond acceptors (Lipinski definition) is 6. The van der Waals surface area contributed by atoms with Crippen LogP contribution in [0.25, 0.3) is 0 Å². The minimum Gasteiger partial charge on any atom is -0.494 e. The van der Waals surface area contributed by atoms with E-state index in [9.17, 15) is 19.7 Å². The zero-order valence-electron chi connectivity index (χ0n) is 14.2. The van der Waals surface area contributed by atoms with Crippen LogP contribution in [0.2, 0.25) is 10.0 Å². The van der Waals surface area contributed by atoms with Gasteiger partial charge in [-0.05, 0) is 31.2 Å². The Morgan fingerprint density at radius 3 is 2.44 bits per heavy atom. The zero-order valence-corrected chi connectivity index (χ0v) is 15.7. The topological polar surface area (TPSA) is 108 Å². The lowest BCUT2D eigenvalue weighted by Crippen LogP contribution is -2.30. The number of rotatable bonds is 6. The summed E-state index contributed by atoms with van der Waals surface area (Å²) >= 11 is 11.6. The number of non-ortho nitro benzene ring substituents is 1. The van der Waals surface area contributed by atoms with Gasteiger partial charge in [0.15, 0.2) is 6.10 Å². The third-order valence-electron chi connectivity index (χ3n) is 3.46. The molecular formula is C17H14Cl2N2O6. The van der Waals surface area contributed by atoms with Crippen LogP contribution < -0.4 is 10.1 Å². The first-order valence-corrected chi connectivity index (χ1v) is 8.28. The maximum absolute atomic E-state index is 12.3. The molecule has 0 unspecified atom stereocenters. The summed E-state index contributed by atoms with van der Waals surface area (Å²) in [4.78, 5) is 34.6. The quantitative estimate of drug-likeness (QED) is 0.434. The molecule has 0 spiro atoms. The highest BCUT2D eigenvalue weighted by molar-refractivity contribution is 6.42. The van der Waals surface area contributed by atoms with Crippen molar-refractivity contribution in [2.75, 3.05) is 12.4 Å². The van der Waals surface area contributed by atoms with E-state index in [2.05, 4.69) is 5.32 Å². The van der Waals surface area contributed by atoms with E-state index in [0.717, 1.165) is 0 Å². The van der Waals surface area contributed by atoms with Crippen LogP contribution in [0.1, 0.15) is 17.3 Å². The molecule has 0 bridgehead atoms. The highest BCUT2D eigenvalue weighted by Crippen LogP contribution is 2.29. The Hall–Kier alpha value is -2.84. The molecule has 0 aliphatic carbocycles. The van der Waals surface area contributed by atoms with Crippen molar-refractivity contribution in [1.29, 1.82) is 0 Å². The number of nitrogens with zero attached hydrogens (tertiary/aromatic N) is 1. The standard InChI is InChI=1S/C17H14Cl2N2O6/c1-9(27-17(23)10-3-5-12(18)13(19)7-10)16(22)20-14-6-4-11(21(24)25)8-15(14)26-2/h3-9H,1-2H3,(H,20,22)/t9-/m0/s1. The van der Waals surface area contributed by atoms with Crippen LogP contribution in [-0.2, 0) is 9.53 Å². The second kappa shape index (κ2) is 8.70. The molecule has 0 fully saturated rings. The van der Waals surface area contributed by atoms with E-state index in [4.69, 9.17) is 32.7 Å². The summed E-state index contributed by atoms with van der Waals surface area (Å²) in [6, 6.07) is 7.89. The summed E-state index contributed by atoms with van der Waals surface area (Å²) in [5.74, 6) is -1.30. The number of halogens is 2. The number of carbonyl (C=O) groups is 2. The van der Waals surface area contributed by atoms with E-state index in [-0.39, 0.29) is 32.7 Å². The van der Waals surface area contributed by atoms with Crippen LogP contribution >= 0.6 is 23.2 Å². The lowest BCUT2D eigenvalue weighted by Gasteiger charge is -2.15. The van der Waals surface area contributed by atoms with Gasteiger partial charge in [0.25, 0.3) is 11.6 Å². The first-order chi connectivity index (χ1) is 12.7. The summed E-state index contributed by atoms with van der Waals surface area (Å²) in [6.07, 6.45) is -1.15. The van der Waals surface area contributed by atoms with E-state index in [1.807, 2.05) is 0 Å². The summed E-state index contributed by atoms with van der Waals surface area (Å²) in [5.41, 5.74) is 0.145. The predicted octanol–water partition coefficient (Wildman–Crippen LogP) is 4.09. The second-order valence-corrected chi connectivity index (χ2v) is 6.12. The third-order valence-corrected chi connectivity index (χ3v) is 4.20. The van der Waals surface area contributed by atoms with Gasteiger partial charge in [-0.3, -0.25) is 14.9 Å². The Kier molecular flexibility index (Phi) is 6.59. The van der Waals surface area contributed by atoms with Crippen molar-refractivity contribution in [3.05, 3.63) is 62.1 Å². The molecule has 0 radical (unpaired) electrons. The van der Waals surface area contributed by atoms with Crippen molar-refractivity contribution >= 4 is 46.5 Å². The Morgan fingerprint density at radius 1 is 1.15 bits per heavy atom. The number of amides is 1.